The normalized spacial score (nSPS) is 12.5. The van der Waals surface area contributed by atoms with Gasteiger partial charge >= 0.3 is 0 Å². The van der Waals surface area contributed by atoms with Gasteiger partial charge in [-0.25, -0.2) is 0 Å². The minimum absolute atomic E-state index is 0.194. The summed E-state index contributed by atoms with van der Waals surface area (Å²) in [5.41, 5.74) is 7.19. The molecule has 0 spiro atoms. The topological polar surface area (TPSA) is 35.2 Å². The largest absolute Gasteiger partial charge is 0.495 e. The van der Waals surface area contributed by atoms with E-state index < -0.39 is 0 Å². The van der Waals surface area contributed by atoms with Crippen LogP contribution in [0, 0.1) is 0 Å². The Balaban J connectivity index is 2.33. The molecule has 0 saturated carbocycles. The van der Waals surface area contributed by atoms with E-state index in [0.29, 0.717) is 10.8 Å². The number of halogens is 3. The van der Waals surface area contributed by atoms with E-state index in [1.807, 2.05) is 24.3 Å². The van der Waals surface area contributed by atoms with Crippen LogP contribution in [0.15, 0.2) is 32.5 Å². The van der Waals surface area contributed by atoms with Crippen LogP contribution in [0.1, 0.15) is 16.5 Å². The highest BCUT2D eigenvalue weighted by atomic mass is 79.9. The van der Waals surface area contributed by atoms with Gasteiger partial charge in [-0.05, 0) is 55.6 Å². The summed E-state index contributed by atoms with van der Waals surface area (Å²) in [6.07, 6.45) is 0. The Morgan fingerprint density at radius 2 is 2.06 bits per heavy atom. The van der Waals surface area contributed by atoms with E-state index >= 15 is 0 Å². The molecular formula is C12H10Br2ClNOS. The van der Waals surface area contributed by atoms with Crippen LogP contribution in [0.5, 0.6) is 5.75 Å². The lowest BCUT2D eigenvalue weighted by Gasteiger charge is -2.11. The average molecular weight is 412 g/mol. The summed E-state index contributed by atoms with van der Waals surface area (Å²) in [7, 11) is 1.59. The van der Waals surface area contributed by atoms with Crippen molar-refractivity contribution < 1.29 is 4.74 Å². The van der Waals surface area contributed by atoms with E-state index in [-0.39, 0.29) is 6.04 Å². The lowest BCUT2D eigenvalue weighted by Crippen LogP contribution is -2.10. The summed E-state index contributed by atoms with van der Waals surface area (Å²) >= 11 is 14.6. The van der Waals surface area contributed by atoms with Gasteiger partial charge in [0.25, 0.3) is 0 Å². The van der Waals surface area contributed by atoms with E-state index in [2.05, 4.69) is 31.9 Å². The number of nitrogens with two attached hydrogens (primary N) is 1. The molecule has 1 unspecified atom stereocenters. The first-order valence-corrected chi connectivity index (χ1v) is 7.84. The van der Waals surface area contributed by atoms with Gasteiger partial charge in [-0.1, -0.05) is 17.7 Å². The summed E-state index contributed by atoms with van der Waals surface area (Å²) in [6, 6.07) is 7.41. The number of rotatable bonds is 3. The molecule has 0 radical (unpaired) electrons. The minimum Gasteiger partial charge on any atom is -0.495 e. The second-order valence-electron chi connectivity index (χ2n) is 3.64. The first-order valence-electron chi connectivity index (χ1n) is 5.06. The van der Waals surface area contributed by atoms with Crippen LogP contribution in [-0.4, -0.2) is 7.11 Å². The maximum absolute atomic E-state index is 6.23. The monoisotopic (exact) mass is 409 g/mol. The predicted octanol–water partition coefficient (Wildman–Crippen LogP) is 4.98. The Kier molecular flexibility index (Phi) is 4.72. The number of thiophene rings is 1. The molecule has 1 atom stereocenters. The molecule has 0 aliphatic heterocycles. The van der Waals surface area contributed by atoms with E-state index in [1.54, 1.807) is 18.4 Å². The van der Waals surface area contributed by atoms with E-state index in [4.69, 9.17) is 22.1 Å². The van der Waals surface area contributed by atoms with Crippen molar-refractivity contribution in [2.24, 2.45) is 5.73 Å². The number of hydrogen-bond donors (Lipinski definition) is 1. The van der Waals surface area contributed by atoms with Gasteiger partial charge in [-0.3, -0.25) is 0 Å². The van der Waals surface area contributed by atoms with Crippen molar-refractivity contribution in [3.8, 4) is 5.75 Å². The summed E-state index contributed by atoms with van der Waals surface area (Å²) in [4.78, 5) is 1.06. The zero-order valence-corrected chi connectivity index (χ0v) is 14.2. The molecule has 0 aliphatic rings. The van der Waals surface area contributed by atoms with Crippen molar-refractivity contribution in [2.75, 3.05) is 7.11 Å². The minimum atomic E-state index is -0.194. The molecule has 18 heavy (non-hydrogen) atoms. The second-order valence-corrected chi connectivity index (χ2v) is 7.31. The van der Waals surface area contributed by atoms with Gasteiger partial charge in [0.2, 0.25) is 0 Å². The number of benzene rings is 1. The number of ether oxygens (including phenoxy) is 1. The lowest BCUT2D eigenvalue weighted by atomic mass is 10.1. The van der Waals surface area contributed by atoms with Gasteiger partial charge in [0, 0.05) is 9.35 Å². The Morgan fingerprint density at radius 1 is 1.33 bits per heavy atom. The first-order chi connectivity index (χ1) is 8.52. The third-order valence-electron chi connectivity index (χ3n) is 2.51. The standard InChI is InChI=1S/C12H10Br2ClNOS/c1-17-9-3-2-6(4-8(9)15)11(16)10-5-7(13)12(14)18-10/h2-5,11H,16H2,1H3. The Hall–Kier alpha value is -0.0700. The fourth-order valence-electron chi connectivity index (χ4n) is 1.56. The number of methoxy groups -OCH3 is 1. The molecule has 0 saturated heterocycles. The van der Waals surface area contributed by atoms with Crippen LogP contribution in [0.3, 0.4) is 0 Å². The fourth-order valence-corrected chi connectivity index (χ4v) is 3.94. The maximum Gasteiger partial charge on any atom is 0.137 e. The van der Waals surface area contributed by atoms with Gasteiger partial charge in [-0.15, -0.1) is 11.3 Å². The van der Waals surface area contributed by atoms with Crippen LogP contribution in [0.4, 0.5) is 0 Å². The predicted molar refractivity (Wildman–Crippen MR) is 83.8 cm³/mol. The van der Waals surface area contributed by atoms with Gasteiger partial charge in [0.05, 0.1) is 22.0 Å². The molecule has 2 aromatic rings. The van der Waals surface area contributed by atoms with Gasteiger partial charge < -0.3 is 10.5 Å². The molecule has 0 bridgehead atoms. The molecule has 6 heteroatoms. The molecule has 1 heterocycles. The molecule has 96 valence electrons. The quantitative estimate of drug-likeness (QED) is 0.773. The van der Waals surface area contributed by atoms with Crippen molar-refractivity contribution >= 4 is 54.8 Å². The van der Waals surface area contributed by atoms with E-state index in [1.165, 1.54) is 0 Å². The molecule has 0 amide bonds. The zero-order chi connectivity index (χ0) is 13.3. The van der Waals surface area contributed by atoms with Crippen LogP contribution in [0.2, 0.25) is 5.02 Å². The molecular weight excluding hydrogens is 401 g/mol. The molecule has 0 aliphatic carbocycles. The van der Waals surface area contributed by atoms with Crippen molar-refractivity contribution in [1.29, 1.82) is 0 Å². The molecule has 2 rings (SSSR count). The van der Waals surface area contributed by atoms with Gasteiger partial charge in [-0.2, -0.15) is 0 Å². The van der Waals surface area contributed by atoms with E-state index in [9.17, 15) is 0 Å². The zero-order valence-electron chi connectivity index (χ0n) is 9.41. The Labute approximate surface area is 131 Å². The fraction of sp³-hybridized carbons (Fsp3) is 0.167. The lowest BCUT2D eigenvalue weighted by molar-refractivity contribution is 0.415. The third kappa shape index (κ3) is 2.91. The summed E-state index contributed by atoms with van der Waals surface area (Å²) in [6.45, 7) is 0. The first kappa shape index (κ1) is 14.3. The highest BCUT2D eigenvalue weighted by molar-refractivity contribution is 9.13. The maximum atomic E-state index is 6.23. The van der Waals surface area contributed by atoms with Gasteiger partial charge in [0.1, 0.15) is 5.75 Å². The average Bonchev–Trinajstić information content (AvgIpc) is 2.68. The third-order valence-corrected chi connectivity index (χ3v) is 6.14. The summed E-state index contributed by atoms with van der Waals surface area (Å²) < 4.78 is 7.17. The molecule has 2 N–H and O–H groups in total. The molecule has 2 nitrogen and oxygen atoms in total. The highest BCUT2D eigenvalue weighted by Crippen LogP contribution is 2.37. The second kappa shape index (κ2) is 5.92. The Morgan fingerprint density at radius 3 is 2.56 bits per heavy atom. The summed E-state index contributed by atoms with van der Waals surface area (Å²) in [5, 5.41) is 0.570. The van der Waals surface area contributed by atoms with Crippen LogP contribution >= 0.6 is 54.8 Å². The highest BCUT2D eigenvalue weighted by Gasteiger charge is 2.15. The van der Waals surface area contributed by atoms with Crippen molar-refractivity contribution in [3.05, 3.63) is 48.0 Å². The van der Waals surface area contributed by atoms with Crippen molar-refractivity contribution in [3.63, 3.8) is 0 Å². The van der Waals surface area contributed by atoms with Crippen LogP contribution in [-0.2, 0) is 0 Å². The van der Waals surface area contributed by atoms with Crippen LogP contribution in [0.25, 0.3) is 0 Å². The Bertz CT molecular complexity index is 554. The molecule has 1 aromatic heterocycles. The smallest absolute Gasteiger partial charge is 0.137 e. The number of hydrogen-bond acceptors (Lipinski definition) is 3. The van der Waals surface area contributed by atoms with Crippen LogP contribution < -0.4 is 10.5 Å². The molecule has 1 aromatic carbocycles. The van der Waals surface area contributed by atoms with Crippen molar-refractivity contribution in [1.82, 2.24) is 0 Å². The summed E-state index contributed by atoms with van der Waals surface area (Å²) in [5.74, 6) is 0.654. The van der Waals surface area contributed by atoms with Crippen molar-refractivity contribution in [2.45, 2.75) is 6.04 Å². The van der Waals surface area contributed by atoms with Gasteiger partial charge in [0.15, 0.2) is 0 Å². The molecule has 0 fully saturated rings. The SMILES string of the molecule is COc1ccc(C(N)c2cc(Br)c(Br)s2)cc1Cl. The van der Waals surface area contributed by atoms with E-state index in [0.717, 1.165) is 18.7 Å².